The Morgan fingerprint density at radius 2 is 2.00 bits per heavy atom. The average Bonchev–Trinajstić information content (AvgIpc) is 2.90. The van der Waals surface area contributed by atoms with Crippen LogP contribution in [0.15, 0.2) is 6.33 Å². The summed E-state index contributed by atoms with van der Waals surface area (Å²) in [6, 6.07) is -0.00735. The van der Waals surface area contributed by atoms with E-state index in [4.69, 9.17) is 4.74 Å². The van der Waals surface area contributed by atoms with Crippen molar-refractivity contribution >= 4 is 17.7 Å². The first kappa shape index (κ1) is 16.9. The quantitative estimate of drug-likeness (QED) is 0.816. The SMILES string of the molecule is Cc1nc2ncnn2c(C)c1CC(=O)O[C@@H](C)C(=O)NC(C)C. The highest BCUT2D eigenvalue weighted by Crippen LogP contribution is 2.14. The summed E-state index contributed by atoms with van der Waals surface area (Å²) >= 11 is 0. The maximum absolute atomic E-state index is 12.1. The number of carbonyl (C=O) groups is 2. The molecule has 0 aliphatic rings. The lowest BCUT2D eigenvalue weighted by Gasteiger charge is -2.16. The monoisotopic (exact) mass is 319 g/mol. The number of nitrogens with one attached hydrogen (secondary N) is 1. The second kappa shape index (κ2) is 6.72. The molecule has 0 unspecified atom stereocenters. The molecule has 0 fully saturated rings. The first-order chi connectivity index (χ1) is 10.8. The van der Waals surface area contributed by atoms with Crippen LogP contribution in [0.5, 0.6) is 0 Å². The van der Waals surface area contributed by atoms with Crippen LogP contribution in [0.1, 0.15) is 37.7 Å². The number of hydrogen-bond acceptors (Lipinski definition) is 6. The molecule has 23 heavy (non-hydrogen) atoms. The molecule has 1 amide bonds. The van der Waals surface area contributed by atoms with Gasteiger partial charge >= 0.3 is 5.97 Å². The maximum atomic E-state index is 12.1. The Kier molecular flexibility index (Phi) is 4.92. The van der Waals surface area contributed by atoms with Crippen LogP contribution in [0.3, 0.4) is 0 Å². The number of rotatable bonds is 5. The lowest BCUT2D eigenvalue weighted by atomic mass is 10.1. The van der Waals surface area contributed by atoms with Crippen LogP contribution >= 0.6 is 0 Å². The first-order valence-corrected chi connectivity index (χ1v) is 7.45. The van der Waals surface area contributed by atoms with Crippen molar-refractivity contribution in [1.29, 1.82) is 0 Å². The molecule has 0 aliphatic heterocycles. The molecule has 2 aromatic rings. The number of aromatic nitrogens is 4. The summed E-state index contributed by atoms with van der Waals surface area (Å²) in [5.41, 5.74) is 2.20. The third kappa shape index (κ3) is 3.82. The fourth-order valence-electron chi connectivity index (χ4n) is 2.25. The molecule has 0 spiro atoms. The van der Waals surface area contributed by atoms with Gasteiger partial charge in [0, 0.05) is 23.0 Å². The molecule has 0 aliphatic carbocycles. The standard InChI is InChI=1S/C15H21N5O3/c1-8(2)18-14(22)11(5)23-13(21)6-12-9(3)19-15-16-7-17-20(15)10(12)4/h7-8,11H,6H2,1-5H3,(H,18,22)/t11-/m0/s1. The summed E-state index contributed by atoms with van der Waals surface area (Å²) in [5.74, 6) is -0.308. The Balaban J connectivity index is 2.10. The van der Waals surface area contributed by atoms with E-state index in [2.05, 4.69) is 20.4 Å². The van der Waals surface area contributed by atoms with Crippen molar-refractivity contribution in [2.45, 2.75) is 53.2 Å². The van der Waals surface area contributed by atoms with Gasteiger partial charge in [0.2, 0.25) is 0 Å². The Bertz CT molecular complexity index is 738. The van der Waals surface area contributed by atoms with Crippen molar-refractivity contribution < 1.29 is 14.3 Å². The lowest BCUT2D eigenvalue weighted by Crippen LogP contribution is -2.39. The second-order valence-corrected chi connectivity index (χ2v) is 5.71. The van der Waals surface area contributed by atoms with E-state index in [-0.39, 0.29) is 18.4 Å². The number of ether oxygens (including phenoxy) is 1. The van der Waals surface area contributed by atoms with Crippen molar-refractivity contribution in [2.75, 3.05) is 0 Å². The van der Waals surface area contributed by atoms with Crippen LogP contribution in [0, 0.1) is 13.8 Å². The molecule has 0 radical (unpaired) electrons. The molecule has 0 aromatic carbocycles. The minimum atomic E-state index is -0.839. The summed E-state index contributed by atoms with van der Waals surface area (Å²) in [5, 5.41) is 6.78. The number of nitrogens with zero attached hydrogens (tertiary/aromatic N) is 4. The second-order valence-electron chi connectivity index (χ2n) is 5.71. The van der Waals surface area contributed by atoms with Gasteiger partial charge in [0.15, 0.2) is 6.10 Å². The van der Waals surface area contributed by atoms with Gasteiger partial charge in [0.1, 0.15) is 6.33 Å². The fourth-order valence-corrected chi connectivity index (χ4v) is 2.25. The zero-order valence-corrected chi connectivity index (χ0v) is 14.0. The molecule has 8 nitrogen and oxygen atoms in total. The van der Waals surface area contributed by atoms with E-state index < -0.39 is 12.1 Å². The average molecular weight is 319 g/mol. The molecule has 0 saturated carbocycles. The third-order valence-corrected chi connectivity index (χ3v) is 3.42. The molecular formula is C15H21N5O3. The number of carbonyl (C=O) groups excluding carboxylic acids is 2. The first-order valence-electron chi connectivity index (χ1n) is 7.45. The molecule has 1 atom stereocenters. The predicted molar refractivity (Wildman–Crippen MR) is 82.8 cm³/mol. The van der Waals surface area contributed by atoms with Crippen LogP contribution in [0.2, 0.25) is 0 Å². The van der Waals surface area contributed by atoms with E-state index in [0.717, 1.165) is 11.3 Å². The van der Waals surface area contributed by atoms with Crippen LogP contribution in [0.4, 0.5) is 0 Å². The van der Waals surface area contributed by atoms with Crippen molar-refractivity contribution in [3.63, 3.8) is 0 Å². The third-order valence-electron chi connectivity index (χ3n) is 3.42. The van der Waals surface area contributed by atoms with Crippen LogP contribution in [-0.2, 0) is 20.7 Å². The van der Waals surface area contributed by atoms with E-state index in [1.54, 1.807) is 18.4 Å². The topological polar surface area (TPSA) is 98.5 Å². The van der Waals surface area contributed by atoms with Gasteiger partial charge in [-0.3, -0.25) is 9.59 Å². The molecule has 2 aromatic heterocycles. The zero-order chi connectivity index (χ0) is 17.1. The molecule has 0 saturated heterocycles. The maximum Gasteiger partial charge on any atom is 0.311 e. The zero-order valence-electron chi connectivity index (χ0n) is 14.0. The summed E-state index contributed by atoms with van der Waals surface area (Å²) in [7, 11) is 0. The number of hydrogen-bond donors (Lipinski definition) is 1. The van der Waals surface area contributed by atoms with Gasteiger partial charge in [-0.1, -0.05) is 0 Å². The smallest absolute Gasteiger partial charge is 0.311 e. The van der Waals surface area contributed by atoms with E-state index in [1.807, 2.05) is 20.8 Å². The van der Waals surface area contributed by atoms with Gasteiger partial charge in [0.05, 0.1) is 6.42 Å². The van der Waals surface area contributed by atoms with Gasteiger partial charge in [-0.2, -0.15) is 10.1 Å². The molecule has 2 heterocycles. The predicted octanol–water partition coefficient (Wildman–Crippen LogP) is 0.740. The highest BCUT2D eigenvalue weighted by atomic mass is 16.5. The van der Waals surface area contributed by atoms with Crippen molar-refractivity contribution in [2.24, 2.45) is 0 Å². The van der Waals surface area contributed by atoms with E-state index >= 15 is 0 Å². The Morgan fingerprint density at radius 3 is 2.65 bits per heavy atom. The Morgan fingerprint density at radius 1 is 1.30 bits per heavy atom. The van der Waals surface area contributed by atoms with Gasteiger partial charge in [-0.05, 0) is 34.6 Å². The highest BCUT2D eigenvalue weighted by Gasteiger charge is 2.20. The largest absolute Gasteiger partial charge is 0.452 e. The normalized spacial score (nSPS) is 12.4. The van der Waals surface area contributed by atoms with Gasteiger partial charge in [0.25, 0.3) is 11.7 Å². The molecule has 0 bridgehead atoms. The number of fused-ring (bicyclic) bond motifs is 1. The number of amides is 1. The summed E-state index contributed by atoms with van der Waals surface area (Å²) in [4.78, 5) is 32.2. The van der Waals surface area contributed by atoms with Crippen LogP contribution < -0.4 is 5.32 Å². The number of aryl methyl sites for hydroxylation is 2. The Labute approximate surface area is 134 Å². The van der Waals surface area contributed by atoms with Gasteiger partial charge in [-0.25, -0.2) is 9.50 Å². The van der Waals surface area contributed by atoms with Gasteiger partial charge < -0.3 is 10.1 Å². The van der Waals surface area contributed by atoms with E-state index in [0.29, 0.717) is 11.5 Å². The van der Waals surface area contributed by atoms with Crippen LogP contribution in [0.25, 0.3) is 5.78 Å². The summed E-state index contributed by atoms with van der Waals surface area (Å²) in [6.07, 6.45) is 0.600. The van der Waals surface area contributed by atoms with Crippen LogP contribution in [-0.4, -0.2) is 43.6 Å². The highest BCUT2D eigenvalue weighted by molar-refractivity contribution is 5.84. The molecule has 8 heteroatoms. The van der Waals surface area contributed by atoms with Crippen molar-refractivity contribution in [3.8, 4) is 0 Å². The number of esters is 1. The minimum absolute atomic E-state index is 0.00735. The molecular weight excluding hydrogens is 298 g/mol. The van der Waals surface area contributed by atoms with Crippen molar-refractivity contribution in [3.05, 3.63) is 23.3 Å². The molecule has 124 valence electrons. The molecule has 2 rings (SSSR count). The minimum Gasteiger partial charge on any atom is -0.452 e. The summed E-state index contributed by atoms with van der Waals surface area (Å²) < 4.78 is 6.77. The van der Waals surface area contributed by atoms with Gasteiger partial charge in [-0.15, -0.1) is 0 Å². The van der Waals surface area contributed by atoms with E-state index in [1.165, 1.54) is 6.33 Å². The summed E-state index contributed by atoms with van der Waals surface area (Å²) in [6.45, 7) is 8.89. The fraction of sp³-hybridized carbons (Fsp3) is 0.533. The van der Waals surface area contributed by atoms with E-state index in [9.17, 15) is 9.59 Å². The van der Waals surface area contributed by atoms with Crippen molar-refractivity contribution in [1.82, 2.24) is 24.9 Å². The molecule has 1 N–H and O–H groups in total. The Hall–Kier alpha value is -2.51. The lowest BCUT2D eigenvalue weighted by molar-refractivity contribution is -0.154.